The van der Waals surface area contributed by atoms with E-state index >= 15 is 0 Å². The fourth-order valence-electron chi connectivity index (χ4n) is 6.65. The Morgan fingerprint density at radius 1 is 0.692 bits per heavy atom. The van der Waals surface area contributed by atoms with Crippen molar-refractivity contribution in [1.82, 2.24) is 30.1 Å². The molecule has 65 heavy (non-hydrogen) atoms. The number of rotatable bonds is 9. The van der Waals surface area contributed by atoms with Crippen molar-refractivity contribution in [2.45, 2.75) is 59.2 Å². The first kappa shape index (κ1) is 46.7. The second kappa shape index (κ2) is 20.6. The maximum Gasteiger partial charge on any atom is 0.414 e. The lowest BCUT2D eigenvalue weighted by atomic mass is 10.0. The number of benzene rings is 4. The smallest absolute Gasteiger partial charge is 0.414 e. The van der Waals surface area contributed by atoms with Gasteiger partial charge in [0.25, 0.3) is 11.8 Å². The molecular weight excluding hydrogens is 852 g/mol. The van der Waals surface area contributed by atoms with Crippen LogP contribution in [0.4, 0.5) is 9.59 Å². The molecule has 2 aliphatic carbocycles. The van der Waals surface area contributed by atoms with Crippen LogP contribution >= 0.6 is 11.6 Å². The zero-order valence-electron chi connectivity index (χ0n) is 37.0. The van der Waals surface area contributed by atoms with E-state index in [1.165, 1.54) is 9.80 Å². The third kappa shape index (κ3) is 11.0. The van der Waals surface area contributed by atoms with Gasteiger partial charge in [-0.05, 0) is 106 Å². The van der Waals surface area contributed by atoms with Crippen LogP contribution in [0.5, 0.6) is 11.5 Å². The van der Waals surface area contributed by atoms with E-state index in [1.807, 2.05) is 70.2 Å². The highest BCUT2D eigenvalue weighted by atomic mass is 35.5. The number of nitriles is 2. The third-order valence-electron chi connectivity index (χ3n) is 9.68. The summed E-state index contributed by atoms with van der Waals surface area (Å²) in [5.74, 6) is 3.19. The Balaban J connectivity index is 0.000000193. The van der Waals surface area contributed by atoms with Crippen molar-refractivity contribution in [2.75, 3.05) is 28.2 Å². The normalized spacial score (nSPS) is 12.1. The molecule has 0 spiro atoms. The first-order valence-electron chi connectivity index (χ1n) is 20.4. The number of halogens is 1. The van der Waals surface area contributed by atoms with Gasteiger partial charge in [0, 0.05) is 68.0 Å². The van der Waals surface area contributed by atoms with E-state index in [0.29, 0.717) is 82.2 Å². The average molecular weight is 897 g/mol. The standard InChI is InChI=1S/C24H22N4O4.C21H17N3O3.C3H6ClNO/c1-14(2)30-20-10-8-15(12-16(20)13-25)23-26-22(27-32-23)19-7-5-6-18-17(19)9-11-21(18)31-24(29)28(3)4;1-12(2)26-19-9-6-13(10-14(19)11-22)21-23-20(24-27-21)17-5-3-4-16-15(17)7-8-18(16)25;1-5(2)3(4)6/h5-8,10-12,14H,9H2,1-4H3;3-6,9-10,12H,7-8H2,1-2H3;1-2H3. The molecule has 4 aromatic carbocycles. The predicted octanol–water partition coefficient (Wildman–Crippen LogP) is 9.76. The minimum absolute atomic E-state index is 0.0270. The molecule has 2 amide bonds. The lowest BCUT2D eigenvalue weighted by Gasteiger charge is -2.12. The first-order chi connectivity index (χ1) is 31.1. The number of ketones is 1. The number of hydrogen-bond acceptors (Lipinski definition) is 14. The molecule has 0 saturated heterocycles. The fourth-order valence-corrected chi connectivity index (χ4v) is 6.65. The largest absolute Gasteiger partial charge is 0.490 e. The molecule has 0 N–H and O–H groups in total. The molecule has 8 rings (SSSR count). The third-order valence-corrected chi connectivity index (χ3v) is 10.0. The lowest BCUT2D eigenvalue weighted by molar-refractivity contribution is 0.0994. The summed E-state index contributed by atoms with van der Waals surface area (Å²) in [6, 6.07) is 25.9. The maximum atomic E-state index is 12.0. The Kier molecular flexibility index (Phi) is 14.8. The molecule has 16 nitrogen and oxygen atoms in total. The molecule has 0 saturated carbocycles. The predicted molar refractivity (Wildman–Crippen MR) is 241 cm³/mol. The molecule has 0 radical (unpaired) electrons. The van der Waals surface area contributed by atoms with Gasteiger partial charge >= 0.3 is 11.5 Å². The summed E-state index contributed by atoms with van der Waals surface area (Å²) in [6.07, 6.45) is 3.15. The van der Waals surface area contributed by atoms with Crippen molar-refractivity contribution >= 4 is 34.6 Å². The molecule has 0 atom stereocenters. The van der Waals surface area contributed by atoms with Crippen LogP contribution in [0.3, 0.4) is 0 Å². The van der Waals surface area contributed by atoms with Crippen molar-refractivity contribution in [2.24, 2.45) is 0 Å². The lowest BCUT2D eigenvalue weighted by Crippen LogP contribution is -2.22. The highest BCUT2D eigenvalue weighted by Gasteiger charge is 2.26. The first-order valence-corrected chi connectivity index (χ1v) is 20.8. The number of Topliss-reactive ketones (excluding diaryl/α,β-unsaturated/α-hetero) is 1. The van der Waals surface area contributed by atoms with Crippen LogP contribution in [0.15, 0.2) is 87.9 Å². The second-order valence-electron chi connectivity index (χ2n) is 15.6. The van der Waals surface area contributed by atoms with Crippen molar-refractivity contribution in [1.29, 1.82) is 10.5 Å². The number of allylic oxidation sites excluding steroid dienone is 1. The van der Waals surface area contributed by atoms with Crippen LogP contribution in [0.25, 0.3) is 51.4 Å². The van der Waals surface area contributed by atoms with Crippen molar-refractivity contribution in [3.63, 3.8) is 0 Å². The van der Waals surface area contributed by atoms with E-state index < -0.39 is 11.5 Å². The Labute approximate surface area is 380 Å². The number of hydrogen-bond donors (Lipinski definition) is 0. The number of amides is 2. The molecule has 0 aliphatic heterocycles. The Bertz CT molecular complexity index is 2870. The van der Waals surface area contributed by atoms with Crippen LogP contribution in [-0.2, 0) is 17.6 Å². The highest BCUT2D eigenvalue weighted by molar-refractivity contribution is 6.62. The van der Waals surface area contributed by atoms with E-state index in [9.17, 15) is 24.9 Å². The monoisotopic (exact) mass is 896 g/mol. The topological polar surface area (TPSA) is 211 Å². The van der Waals surface area contributed by atoms with Gasteiger partial charge in [-0.1, -0.05) is 46.7 Å². The van der Waals surface area contributed by atoms with E-state index in [4.69, 9.17) is 34.9 Å². The molecule has 2 aliphatic rings. The highest BCUT2D eigenvalue weighted by Crippen LogP contribution is 2.37. The van der Waals surface area contributed by atoms with Gasteiger partial charge in [0.1, 0.15) is 29.4 Å². The van der Waals surface area contributed by atoms with Gasteiger partial charge in [-0.25, -0.2) is 4.79 Å². The fraction of sp³-hybridized carbons (Fsp3) is 0.271. The number of carbonyl (C=O) groups is 3. The average Bonchev–Trinajstić information content (AvgIpc) is 4.12. The molecule has 0 fully saturated rings. The quantitative estimate of drug-likeness (QED) is 0.0977. The SMILES string of the molecule is CC(C)Oc1ccc(-c2nc(-c3cccc4c3CC=C4OC(=O)N(C)C)no2)cc1C#N.CC(C)Oc1ccc(-c2nc(-c3cccc4c3CCC4=O)no2)cc1C#N.CN(C)C(=O)Cl. The van der Waals surface area contributed by atoms with E-state index in [2.05, 4.69) is 32.4 Å². The summed E-state index contributed by atoms with van der Waals surface area (Å²) in [5, 5.41) is 26.6. The van der Waals surface area contributed by atoms with Crippen LogP contribution < -0.4 is 9.47 Å². The Hall–Kier alpha value is -7.82. The molecular formula is C48H45ClN8O8. The van der Waals surface area contributed by atoms with Crippen molar-refractivity contribution in [3.8, 4) is 69.3 Å². The molecule has 2 heterocycles. The Morgan fingerprint density at radius 2 is 1.17 bits per heavy atom. The number of nitrogens with zero attached hydrogens (tertiary/aromatic N) is 8. The summed E-state index contributed by atoms with van der Waals surface area (Å²) in [6.45, 7) is 7.61. The summed E-state index contributed by atoms with van der Waals surface area (Å²) in [4.78, 5) is 45.4. The van der Waals surface area contributed by atoms with Gasteiger partial charge in [0.05, 0.1) is 23.3 Å². The summed E-state index contributed by atoms with van der Waals surface area (Å²) in [5.41, 5.74) is 7.17. The van der Waals surface area contributed by atoms with E-state index in [0.717, 1.165) is 33.4 Å². The van der Waals surface area contributed by atoms with Gasteiger partial charge < -0.3 is 33.1 Å². The van der Waals surface area contributed by atoms with Gasteiger partial charge in [-0.3, -0.25) is 9.59 Å². The van der Waals surface area contributed by atoms with Crippen LogP contribution in [0, 0.1) is 22.7 Å². The number of fused-ring (bicyclic) bond motifs is 2. The molecule has 17 heteroatoms. The van der Waals surface area contributed by atoms with E-state index in [1.54, 1.807) is 64.6 Å². The van der Waals surface area contributed by atoms with Crippen molar-refractivity contribution in [3.05, 3.63) is 112 Å². The summed E-state index contributed by atoms with van der Waals surface area (Å²) < 4.78 is 27.7. The summed E-state index contributed by atoms with van der Waals surface area (Å²) in [7, 11) is 6.45. The number of carbonyl (C=O) groups excluding carboxylic acids is 3. The number of aromatic nitrogens is 4. The minimum Gasteiger partial charge on any atom is -0.490 e. The molecule has 0 bridgehead atoms. The maximum absolute atomic E-state index is 12.0. The molecule has 2 aromatic heterocycles. The second-order valence-corrected chi connectivity index (χ2v) is 15.9. The van der Waals surface area contributed by atoms with Crippen LogP contribution in [0.2, 0.25) is 0 Å². The van der Waals surface area contributed by atoms with E-state index in [-0.39, 0.29) is 18.0 Å². The van der Waals surface area contributed by atoms with Crippen molar-refractivity contribution < 1.29 is 37.6 Å². The summed E-state index contributed by atoms with van der Waals surface area (Å²) >= 11 is 4.90. The molecule has 6 aromatic rings. The van der Waals surface area contributed by atoms with Gasteiger partial charge in [-0.2, -0.15) is 20.5 Å². The van der Waals surface area contributed by atoms with Gasteiger partial charge in [0.2, 0.25) is 11.6 Å². The molecule has 0 unspecified atom stereocenters. The Morgan fingerprint density at radius 3 is 1.63 bits per heavy atom. The zero-order valence-corrected chi connectivity index (χ0v) is 37.8. The zero-order chi connectivity index (χ0) is 46.9. The van der Waals surface area contributed by atoms with Crippen LogP contribution in [0.1, 0.15) is 72.3 Å². The van der Waals surface area contributed by atoms with Gasteiger partial charge in [0.15, 0.2) is 5.78 Å². The van der Waals surface area contributed by atoms with Gasteiger partial charge in [-0.15, -0.1) is 0 Å². The van der Waals surface area contributed by atoms with Crippen LogP contribution in [-0.4, -0.2) is 87.7 Å². The minimum atomic E-state index is -0.436. The number of ether oxygens (including phenoxy) is 3. The molecule has 332 valence electrons.